The molecule has 20 heavy (non-hydrogen) atoms. The van der Waals surface area contributed by atoms with Gasteiger partial charge < -0.3 is 5.73 Å². The molecule has 1 aromatic heterocycles. The average Bonchev–Trinajstić information content (AvgIpc) is 2.53. The van der Waals surface area contributed by atoms with Crippen LogP contribution in [-0.2, 0) is 0 Å². The Morgan fingerprint density at radius 3 is 2.85 bits per heavy atom. The molecule has 1 heterocycles. The van der Waals surface area contributed by atoms with Gasteiger partial charge in [-0.3, -0.25) is 4.98 Å². The molecule has 1 fully saturated rings. The van der Waals surface area contributed by atoms with Crippen molar-refractivity contribution in [1.29, 1.82) is 0 Å². The van der Waals surface area contributed by atoms with Crippen LogP contribution >= 0.6 is 0 Å². The highest BCUT2D eigenvalue weighted by molar-refractivity contribution is 5.81. The second-order valence-corrected chi connectivity index (χ2v) is 5.71. The van der Waals surface area contributed by atoms with E-state index in [-0.39, 0.29) is 0 Å². The molecule has 0 atom stereocenters. The average molecular weight is 266 g/mol. The molecular weight excluding hydrogens is 244 g/mol. The Morgan fingerprint density at radius 2 is 2.05 bits per heavy atom. The minimum absolute atomic E-state index is 0.676. The highest BCUT2D eigenvalue weighted by Crippen LogP contribution is 2.30. The topological polar surface area (TPSA) is 38.9 Å². The van der Waals surface area contributed by atoms with Crippen LogP contribution in [0, 0.1) is 5.92 Å². The molecule has 1 aliphatic rings. The number of rotatable bonds is 3. The normalized spacial score (nSPS) is 17.6. The number of benzene rings is 1. The van der Waals surface area contributed by atoms with Crippen LogP contribution in [0.3, 0.4) is 0 Å². The third kappa shape index (κ3) is 2.91. The molecule has 1 aliphatic carbocycles. The third-order valence-corrected chi connectivity index (χ3v) is 4.34. The fourth-order valence-electron chi connectivity index (χ4n) is 3.21. The molecule has 0 unspecified atom stereocenters. The zero-order valence-electron chi connectivity index (χ0n) is 11.9. The summed E-state index contributed by atoms with van der Waals surface area (Å²) in [5.41, 5.74) is 9.69. The van der Waals surface area contributed by atoms with E-state index in [0.29, 0.717) is 12.5 Å². The monoisotopic (exact) mass is 266 g/mol. The van der Waals surface area contributed by atoms with Crippen molar-refractivity contribution in [3.8, 4) is 0 Å². The summed E-state index contributed by atoms with van der Waals surface area (Å²) >= 11 is 0. The Labute approximate surface area is 120 Å². The van der Waals surface area contributed by atoms with Crippen molar-refractivity contribution in [3.05, 3.63) is 47.7 Å². The van der Waals surface area contributed by atoms with Crippen LogP contribution < -0.4 is 5.73 Å². The van der Waals surface area contributed by atoms with Gasteiger partial charge in [0.1, 0.15) is 0 Å². The molecule has 0 radical (unpaired) electrons. The summed E-state index contributed by atoms with van der Waals surface area (Å²) in [6, 6.07) is 10.5. The largest absolute Gasteiger partial charge is 0.327 e. The van der Waals surface area contributed by atoms with Gasteiger partial charge >= 0.3 is 0 Å². The highest BCUT2D eigenvalue weighted by Gasteiger charge is 2.16. The minimum atomic E-state index is 0.676. The van der Waals surface area contributed by atoms with Gasteiger partial charge in [-0.1, -0.05) is 43.0 Å². The van der Waals surface area contributed by atoms with E-state index in [2.05, 4.69) is 35.3 Å². The zero-order valence-corrected chi connectivity index (χ0v) is 11.9. The van der Waals surface area contributed by atoms with Gasteiger partial charge in [0.05, 0.1) is 5.52 Å². The lowest BCUT2D eigenvalue weighted by molar-refractivity contribution is 0.401. The maximum absolute atomic E-state index is 5.98. The van der Waals surface area contributed by atoms with Crippen molar-refractivity contribution < 1.29 is 0 Å². The van der Waals surface area contributed by atoms with Gasteiger partial charge in [-0.05, 0) is 42.5 Å². The van der Waals surface area contributed by atoms with Crippen molar-refractivity contribution in [3.63, 3.8) is 0 Å². The first-order chi connectivity index (χ1) is 9.86. The van der Waals surface area contributed by atoms with Crippen molar-refractivity contribution >= 4 is 17.0 Å². The van der Waals surface area contributed by atoms with Crippen molar-refractivity contribution in [2.45, 2.75) is 32.1 Å². The van der Waals surface area contributed by atoms with E-state index in [0.717, 1.165) is 5.52 Å². The van der Waals surface area contributed by atoms with E-state index in [1.54, 1.807) is 0 Å². The number of fused-ring (bicyclic) bond motifs is 1. The smallest absolute Gasteiger partial charge is 0.0702 e. The van der Waals surface area contributed by atoms with Gasteiger partial charge in [-0.2, -0.15) is 0 Å². The van der Waals surface area contributed by atoms with Crippen LogP contribution in [-0.4, -0.2) is 11.5 Å². The number of hydrogen-bond donors (Lipinski definition) is 1. The van der Waals surface area contributed by atoms with E-state index < -0.39 is 0 Å². The Balaban J connectivity index is 1.90. The summed E-state index contributed by atoms with van der Waals surface area (Å²) in [6.45, 7) is 0.676. The third-order valence-electron chi connectivity index (χ3n) is 4.34. The molecule has 0 saturated heterocycles. The van der Waals surface area contributed by atoms with Crippen molar-refractivity contribution in [1.82, 2.24) is 4.98 Å². The van der Waals surface area contributed by atoms with E-state index in [1.807, 2.05) is 12.3 Å². The van der Waals surface area contributed by atoms with Gasteiger partial charge in [0.15, 0.2) is 0 Å². The first-order valence-corrected chi connectivity index (χ1v) is 7.62. The first kappa shape index (κ1) is 13.3. The molecule has 3 rings (SSSR count). The van der Waals surface area contributed by atoms with Gasteiger partial charge in [-0.25, -0.2) is 0 Å². The standard InChI is InChI=1S/C18H22N2/c19-13-17(15-5-2-1-3-6-15)12-14-8-9-18-16(11-14)7-4-10-20-18/h4,7-12,15H,1-3,5-6,13,19H2/b17-12-. The van der Waals surface area contributed by atoms with Gasteiger partial charge in [0.2, 0.25) is 0 Å². The molecule has 2 aromatic rings. The lowest BCUT2D eigenvalue weighted by Crippen LogP contribution is -2.16. The SMILES string of the molecule is NC/C(=C/c1ccc2ncccc2c1)C1CCCCC1. The number of aromatic nitrogens is 1. The molecular formula is C18H22N2. The molecule has 2 N–H and O–H groups in total. The first-order valence-electron chi connectivity index (χ1n) is 7.62. The number of nitrogens with two attached hydrogens (primary N) is 1. The zero-order chi connectivity index (χ0) is 13.8. The molecule has 0 bridgehead atoms. The Morgan fingerprint density at radius 1 is 1.20 bits per heavy atom. The fourth-order valence-corrected chi connectivity index (χ4v) is 3.21. The molecule has 0 amide bonds. The van der Waals surface area contributed by atoms with E-state index in [9.17, 15) is 0 Å². The minimum Gasteiger partial charge on any atom is -0.327 e. The van der Waals surface area contributed by atoms with Gasteiger partial charge in [-0.15, -0.1) is 0 Å². The highest BCUT2D eigenvalue weighted by atomic mass is 14.6. The van der Waals surface area contributed by atoms with Crippen LogP contribution in [0.2, 0.25) is 0 Å². The summed E-state index contributed by atoms with van der Waals surface area (Å²) < 4.78 is 0. The lowest BCUT2D eigenvalue weighted by Gasteiger charge is -2.24. The number of hydrogen-bond acceptors (Lipinski definition) is 2. The summed E-state index contributed by atoms with van der Waals surface area (Å²) in [7, 11) is 0. The maximum atomic E-state index is 5.98. The molecule has 0 aliphatic heterocycles. The Kier molecular flexibility index (Phi) is 4.12. The van der Waals surface area contributed by atoms with Crippen molar-refractivity contribution in [2.24, 2.45) is 11.7 Å². The summed E-state index contributed by atoms with van der Waals surface area (Å²) in [5, 5.41) is 1.20. The van der Waals surface area contributed by atoms with Crippen LogP contribution in [0.4, 0.5) is 0 Å². The van der Waals surface area contributed by atoms with Crippen LogP contribution in [0.5, 0.6) is 0 Å². The van der Waals surface area contributed by atoms with Gasteiger partial charge in [0, 0.05) is 18.1 Å². The summed E-state index contributed by atoms with van der Waals surface area (Å²) in [4.78, 5) is 4.37. The number of pyridine rings is 1. The lowest BCUT2D eigenvalue weighted by atomic mass is 9.83. The van der Waals surface area contributed by atoms with Crippen LogP contribution in [0.25, 0.3) is 17.0 Å². The van der Waals surface area contributed by atoms with E-state index >= 15 is 0 Å². The molecule has 2 nitrogen and oxygen atoms in total. The predicted octanol–water partition coefficient (Wildman–Crippen LogP) is 4.16. The van der Waals surface area contributed by atoms with E-state index in [1.165, 1.54) is 48.6 Å². The van der Waals surface area contributed by atoms with Gasteiger partial charge in [0.25, 0.3) is 0 Å². The molecule has 1 saturated carbocycles. The van der Waals surface area contributed by atoms with Crippen LogP contribution in [0.1, 0.15) is 37.7 Å². The Hall–Kier alpha value is -1.67. The second-order valence-electron chi connectivity index (χ2n) is 5.71. The summed E-state index contributed by atoms with van der Waals surface area (Å²) in [5.74, 6) is 0.693. The molecule has 1 aromatic carbocycles. The molecule has 0 spiro atoms. The molecule has 2 heteroatoms. The predicted molar refractivity (Wildman–Crippen MR) is 85.3 cm³/mol. The fraction of sp³-hybridized carbons (Fsp3) is 0.389. The quantitative estimate of drug-likeness (QED) is 0.906. The van der Waals surface area contributed by atoms with Crippen molar-refractivity contribution in [2.75, 3.05) is 6.54 Å². The second kappa shape index (κ2) is 6.19. The Bertz CT molecular complexity index is 610. The molecule has 104 valence electrons. The van der Waals surface area contributed by atoms with Crippen LogP contribution in [0.15, 0.2) is 42.1 Å². The maximum Gasteiger partial charge on any atom is 0.0702 e. The van der Waals surface area contributed by atoms with E-state index in [4.69, 9.17) is 5.73 Å². The summed E-state index contributed by atoms with van der Waals surface area (Å²) in [6.07, 6.45) is 10.8. The number of nitrogens with zero attached hydrogens (tertiary/aromatic N) is 1.